The Hall–Kier alpha value is -2.15. The molecule has 2 atom stereocenters. The van der Waals surface area contributed by atoms with Crippen LogP contribution in [0.3, 0.4) is 0 Å². The highest BCUT2D eigenvalue weighted by molar-refractivity contribution is 5.83. The number of aliphatic carboxylic acids is 1. The maximum atomic E-state index is 12.5. The fourth-order valence-corrected chi connectivity index (χ4v) is 2.46. The Labute approximate surface area is 122 Å². The third kappa shape index (κ3) is 3.49. The second-order valence-corrected chi connectivity index (χ2v) is 5.05. The minimum absolute atomic E-state index is 0.0582. The lowest BCUT2D eigenvalue weighted by Crippen LogP contribution is -2.47. The Morgan fingerprint density at radius 1 is 1.43 bits per heavy atom. The lowest BCUT2D eigenvalue weighted by Gasteiger charge is -2.29. The average molecular weight is 293 g/mol. The summed E-state index contributed by atoms with van der Waals surface area (Å²) >= 11 is 0. The van der Waals surface area contributed by atoms with E-state index in [1.807, 2.05) is 19.1 Å². The molecule has 0 aliphatic carbocycles. The lowest BCUT2D eigenvalue weighted by atomic mass is 10.2. The van der Waals surface area contributed by atoms with Crippen LogP contribution in [-0.4, -0.2) is 62.2 Å². The van der Waals surface area contributed by atoms with Gasteiger partial charge in [-0.15, -0.1) is 0 Å². The largest absolute Gasteiger partial charge is 0.480 e. The second kappa shape index (κ2) is 6.53. The number of β-amino-alcohol motifs (C(OH)–C–C–N with tert-alkyl or cyclic N) is 1. The number of nitrogens with zero attached hydrogens (tertiary/aromatic N) is 3. The van der Waals surface area contributed by atoms with Gasteiger partial charge in [0.15, 0.2) is 0 Å². The van der Waals surface area contributed by atoms with Crippen LogP contribution in [0.4, 0.5) is 4.79 Å². The van der Waals surface area contributed by atoms with E-state index in [1.165, 1.54) is 4.90 Å². The minimum Gasteiger partial charge on any atom is -0.480 e. The number of aromatic nitrogens is 1. The first-order valence-corrected chi connectivity index (χ1v) is 6.88. The highest BCUT2D eigenvalue weighted by Gasteiger charge is 2.40. The number of aliphatic hydroxyl groups excluding tert-OH is 1. The van der Waals surface area contributed by atoms with Crippen LogP contribution in [0.5, 0.6) is 0 Å². The molecule has 1 aliphatic rings. The molecule has 0 spiro atoms. The number of amides is 2. The number of hydrogen-bond donors (Lipinski definition) is 2. The molecular formula is C14H19N3O4. The maximum absolute atomic E-state index is 12.5. The summed E-state index contributed by atoms with van der Waals surface area (Å²) < 4.78 is 0. The molecule has 2 rings (SSSR count). The summed E-state index contributed by atoms with van der Waals surface area (Å²) in [6, 6.07) is 2.30. The molecule has 1 aromatic rings. The number of hydrogen-bond acceptors (Lipinski definition) is 4. The van der Waals surface area contributed by atoms with Gasteiger partial charge >= 0.3 is 12.0 Å². The van der Waals surface area contributed by atoms with Crippen molar-refractivity contribution in [3.8, 4) is 0 Å². The predicted molar refractivity (Wildman–Crippen MR) is 74.5 cm³/mol. The van der Waals surface area contributed by atoms with Crippen molar-refractivity contribution in [2.24, 2.45) is 0 Å². The molecule has 2 heterocycles. The van der Waals surface area contributed by atoms with E-state index >= 15 is 0 Å². The Morgan fingerprint density at radius 3 is 2.67 bits per heavy atom. The van der Waals surface area contributed by atoms with E-state index in [0.717, 1.165) is 5.56 Å². The maximum Gasteiger partial charge on any atom is 0.326 e. The number of carbonyl (C=O) groups is 2. The highest BCUT2D eigenvalue weighted by Crippen LogP contribution is 2.20. The zero-order chi connectivity index (χ0) is 15.4. The van der Waals surface area contributed by atoms with Gasteiger partial charge in [0.05, 0.1) is 6.10 Å². The minimum atomic E-state index is -1.08. The molecule has 114 valence electrons. The van der Waals surface area contributed by atoms with Gasteiger partial charge in [-0.3, -0.25) is 4.98 Å². The van der Waals surface area contributed by atoms with E-state index in [0.29, 0.717) is 13.1 Å². The van der Waals surface area contributed by atoms with Gasteiger partial charge in [0.2, 0.25) is 0 Å². The lowest BCUT2D eigenvalue weighted by molar-refractivity contribution is -0.141. The van der Waals surface area contributed by atoms with Crippen molar-refractivity contribution in [1.29, 1.82) is 0 Å². The predicted octanol–water partition coefficient (Wildman–Crippen LogP) is 0.543. The first-order valence-electron chi connectivity index (χ1n) is 6.88. The first-order chi connectivity index (χ1) is 10.0. The van der Waals surface area contributed by atoms with Gasteiger partial charge in [-0.05, 0) is 24.6 Å². The molecular weight excluding hydrogens is 274 g/mol. The Bertz CT molecular complexity index is 508. The molecule has 1 fully saturated rings. The third-order valence-corrected chi connectivity index (χ3v) is 3.58. The van der Waals surface area contributed by atoms with Gasteiger partial charge in [-0.1, -0.05) is 0 Å². The van der Waals surface area contributed by atoms with E-state index in [4.69, 9.17) is 5.11 Å². The van der Waals surface area contributed by atoms with Crippen molar-refractivity contribution in [1.82, 2.24) is 14.8 Å². The van der Waals surface area contributed by atoms with Crippen LogP contribution < -0.4 is 0 Å². The summed E-state index contributed by atoms with van der Waals surface area (Å²) in [6.07, 6.45) is 2.59. The molecule has 0 unspecified atom stereocenters. The Balaban J connectivity index is 2.10. The molecule has 7 nitrogen and oxygen atoms in total. The van der Waals surface area contributed by atoms with E-state index in [-0.39, 0.29) is 19.0 Å². The van der Waals surface area contributed by atoms with Gasteiger partial charge < -0.3 is 20.0 Å². The normalized spacial score (nSPS) is 21.3. The topological polar surface area (TPSA) is 94.0 Å². The van der Waals surface area contributed by atoms with Crippen molar-refractivity contribution in [2.45, 2.75) is 32.0 Å². The molecule has 1 aromatic heterocycles. The van der Waals surface area contributed by atoms with Crippen molar-refractivity contribution in [3.05, 3.63) is 30.1 Å². The molecule has 0 radical (unpaired) electrons. The van der Waals surface area contributed by atoms with Crippen molar-refractivity contribution in [3.63, 3.8) is 0 Å². The highest BCUT2D eigenvalue weighted by atomic mass is 16.4. The monoisotopic (exact) mass is 293 g/mol. The van der Waals surface area contributed by atoms with E-state index in [1.54, 1.807) is 17.3 Å². The Kier molecular flexibility index (Phi) is 4.74. The van der Waals surface area contributed by atoms with Crippen LogP contribution in [0, 0.1) is 0 Å². The van der Waals surface area contributed by atoms with Crippen LogP contribution >= 0.6 is 0 Å². The molecule has 0 saturated carbocycles. The fraction of sp³-hybridized carbons (Fsp3) is 0.500. The van der Waals surface area contributed by atoms with E-state index in [2.05, 4.69) is 4.98 Å². The van der Waals surface area contributed by atoms with Crippen LogP contribution in [-0.2, 0) is 11.3 Å². The summed E-state index contributed by atoms with van der Waals surface area (Å²) in [5.74, 6) is -1.08. The average Bonchev–Trinajstić information content (AvgIpc) is 2.87. The van der Waals surface area contributed by atoms with Crippen molar-refractivity contribution < 1.29 is 19.8 Å². The van der Waals surface area contributed by atoms with Crippen LogP contribution in [0.15, 0.2) is 24.5 Å². The first kappa shape index (κ1) is 15.2. The number of pyridine rings is 1. The summed E-state index contributed by atoms with van der Waals surface area (Å²) in [6.45, 7) is 2.74. The van der Waals surface area contributed by atoms with Crippen molar-refractivity contribution in [2.75, 3.05) is 13.1 Å². The standard InChI is InChI=1S/C14H19N3O4/c1-2-16(8-10-3-5-15-6-4-10)14(21)17-9-11(18)7-12(17)13(19)20/h3-6,11-12,18H,2,7-9H2,1H3,(H,19,20)/t11-,12-/m1/s1. The molecule has 0 aromatic carbocycles. The number of carbonyl (C=O) groups excluding carboxylic acids is 1. The smallest absolute Gasteiger partial charge is 0.326 e. The quantitative estimate of drug-likeness (QED) is 0.845. The second-order valence-electron chi connectivity index (χ2n) is 5.05. The number of urea groups is 1. The zero-order valence-corrected chi connectivity index (χ0v) is 11.8. The molecule has 2 amide bonds. The number of carboxylic acids is 1. The van der Waals surface area contributed by atoms with Crippen LogP contribution in [0.25, 0.3) is 0 Å². The van der Waals surface area contributed by atoms with Crippen LogP contribution in [0.2, 0.25) is 0 Å². The zero-order valence-electron chi connectivity index (χ0n) is 11.8. The molecule has 0 bridgehead atoms. The number of aliphatic hydroxyl groups is 1. The molecule has 7 heteroatoms. The Morgan fingerprint density at radius 2 is 2.10 bits per heavy atom. The van der Waals surface area contributed by atoms with Gasteiger partial charge in [-0.2, -0.15) is 0 Å². The van der Waals surface area contributed by atoms with Gasteiger partial charge in [-0.25, -0.2) is 9.59 Å². The number of rotatable bonds is 4. The third-order valence-electron chi connectivity index (χ3n) is 3.58. The van der Waals surface area contributed by atoms with Gasteiger partial charge in [0.25, 0.3) is 0 Å². The number of likely N-dealkylation sites (tertiary alicyclic amines) is 1. The summed E-state index contributed by atoms with van der Waals surface area (Å²) in [5.41, 5.74) is 0.923. The fourth-order valence-electron chi connectivity index (χ4n) is 2.46. The molecule has 1 saturated heterocycles. The molecule has 2 N–H and O–H groups in total. The number of carboxylic acid groups (broad SMARTS) is 1. The van der Waals surface area contributed by atoms with Gasteiger partial charge in [0, 0.05) is 38.4 Å². The van der Waals surface area contributed by atoms with E-state index in [9.17, 15) is 14.7 Å². The van der Waals surface area contributed by atoms with Crippen LogP contribution in [0.1, 0.15) is 18.9 Å². The summed E-state index contributed by atoms with van der Waals surface area (Å²) in [7, 11) is 0. The molecule has 21 heavy (non-hydrogen) atoms. The van der Waals surface area contributed by atoms with E-state index < -0.39 is 18.1 Å². The van der Waals surface area contributed by atoms with Crippen molar-refractivity contribution >= 4 is 12.0 Å². The van der Waals surface area contributed by atoms with Gasteiger partial charge in [0.1, 0.15) is 6.04 Å². The summed E-state index contributed by atoms with van der Waals surface area (Å²) in [5, 5.41) is 18.8. The summed E-state index contributed by atoms with van der Waals surface area (Å²) in [4.78, 5) is 30.4. The SMILES string of the molecule is CCN(Cc1ccncc1)C(=O)N1C[C@H](O)C[C@@H]1C(=O)O. The molecule has 1 aliphatic heterocycles.